The van der Waals surface area contributed by atoms with Gasteiger partial charge in [-0.3, -0.25) is 0 Å². The fraction of sp³-hybridized carbons (Fsp3) is 0.207. The summed E-state index contributed by atoms with van der Waals surface area (Å²) >= 11 is 0. The van der Waals surface area contributed by atoms with Gasteiger partial charge in [0.05, 0.1) is 35.8 Å². The van der Waals surface area contributed by atoms with Crippen LogP contribution in [0, 0.1) is 25.2 Å². The molecule has 1 saturated heterocycles. The maximum atomic E-state index is 9.86. The Balaban J connectivity index is 1.84. The molecule has 1 fully saturated rings. The fourth-order valence-corrected chi connectivity index (χ4v) is 4.50. The van der Waals surface area contributed by atoms with Crippen LogP contribution >= 0.6 is 0 Å². The summed E-state index contributed by atoms with van der Waals surface area (Å²) in [5.74, 6) is 0. The molecule has 2 heterocycles. The van der Waals surface area contributed by atoms with E-state index in [-0.39, 0.29) is 0 Å². The average Bonchev–Trinajstić information content (AvgIpc) is 3.26. The van der Waals surface area contributed by atoms with E-state index in [9.17, 15) is 5.26 Å². The molecule has 0 spiro atoms. The molecule has 4 aromatic rings. The number of hydrogen-bond acceptors (Lipinski definition) is 3. The summed E-state index contributed by atoms with van der Waals surface area (Å²) in [6.45, 7) is 7.30. The van der Waals surface area contributed by atoms with Crippen LogP contribution in [-0.4, -0.2) is 30.9 Å². The van der Waals surface area contributed by atoms with Crippen LogP contribution in [0.15, 0.2) is 79.0 Å². The summed E-state index contributed by atoms with van der Waals surface area (Å²) < 4.78 is 7.88. The van der Waals surface area contributed by atoms with E-state index in [0.717, 1.165) is 30.0 Å². The largest absolute Gasteiger partial charge is 0.378 e. The molecule has 0 aliphatic carbocycles. The third kappa shape index (κ3) is 4.04. The van der Waals surface area contributed by atoms with Gasteiger partial charge in [0.1, 0.15) is 6.07 Å². The highest BCUT2D eigenvalue weighted by atomic mass is 16.5. The first-order valence-corrected chi connectivity index (χ1v) is 11.4. The Labute approximate surface area is 195 Å². The van der Waals surface area contributed by atoms with Crippen LogP contribution in [-0.2, 0) is 4.74 Å². The van der Waals surface area contributed by atoms with Crippen molar-refractivity contribution in [2.75, 3.05) is 31.2 Å². The highest BCUT2D eigenvalue weighted by molar-refractivity contribution is 5.92. The first kappa shape index (κ1) is 21.1. The molecule has 0 amide bonds. The lowest BCUT2D eigenvalue weighted by molar-refractivity contribution is 0.123. The van der Waals surface area contributed by atoms with Gasteiger partial charge in [-0.2, -0.15) is 5.26 Å². The molecule has 3 aromatic carbocycles. The quantitative estimate of drug-likeness (QED) is 0.388. The third-order valence-electron chi connectivity index (χ3n) is 6.28. The number of nitrogens with zero attached hydrogens (tertiary/aromatic N) is 3. The van der Waals surface area contributed by atoms with E-state index in [1.165, 1.54) is 27.9 Å². The molecule has 0 saturated carbocycles. The first-order valence-electron chi connectivity index (χ1n) is 11.4. The van der Waals surface area contributed by atoms with Crippen molar-refractivity contribution in [1.82, 2.24) is 4.57 Å². The van der Waals surface area contributed by atoms with Crippen LogP contribution in [0.5, 0.6) is 0 Å². The minimum absolute atomic E-state index is 0.657. The van der Waals surface area contributed by atoms with Gasteiger partial charge in [-0.25, -0.2) is 0 Å². The van der Waals surface area contributed by atoms with Crippen molar-refractivity contribution in [2.24, 2.45) is 0 Å². The Morgan fingerprint density at radius 1 is 0.788 bits per heavy atom. The van der Waals surface area contributed by atoms with Crippen molar-refractivity contribution in [3.8, 4) is 34.1 Å². The number of benzene rings is 3. The van der Waals surface area contributed by atoms with Gasteiger partial charge in [-0.1, -0.05) is 71.8 Å². The van der Waals surface area contributed by atoms with Crippen LogP contribution in [0.1, 0.15) is 16.7 Å². The number of para-hydroxylation sites is 1. The van der Waals surface area contributed by atoms with Gasteiger partial charge in [0.15, 0.2) is 0 Å². The predicted octanol–water partition coefficient (Wildman–Crippen LogP) is 6.14. The second-order valence-electron chi connectivity index (χ2n) is 8.57. The summed E-state index contributed by atoms with van der Waals surface area (Å²) in [7, 11) is 0. The van der Waals surface area contributed by atoms with Crippen LogP contribution in [0.4, 0.5) is 5.69 Å². The molecule has 0 bridgehead atoms. The minimum Gasteiger partial charge on any atom is -0.378 e. The van der Waals surface area contributed by atoms with Crippen LogP contribution in [0.3, 0.4) is 0 Å². The summed E-state index contributed by atoms with van der Waals surface area (Å²) in [4.78, 5) is 2.43. The molecule has 0 unspecified atom stereocenters. The molecule has 33 heavy (non-hydrogen) atoms. The predicted molar refractivity (Wildman–Crippen MR) is 134 cm³/mol. The van der Waals surface area contributed by atoms with Gasteiger partial charge >= 0.3 is 0 Å². The number of nitriles is 1. The van der Waals surface area contributed by atoms with Crippen LogP contribution < -0.4 is 4.90 Å². The molecular weight excluding hydrogens is 406 g/mol. The SMILES string of the molecule is Cc1ccc(-c2cn(-c3ccccc3C#N)c(-c3ccc(C)cc3)c2N2CCOCC2)cc1. The van der Waals surface area contributed by atoms with Crippen molar-refractivity contribution in [2.45, 2.75) is 13.8 Å². The van der Waals surface area contributed by atoms with Gasteiger partial charge in [0.2, 0.25) is 0 Å². The molecule has 164 valence electrons. The van der Waals surface area contributed by atoms with Crippen molar-refractivity contribution >= 4 is 5.69 Å². The van der Waals surface area contributed by atoms with E-state index < -0.39 is 0 Å². The van der Waals surface area contributed by atoms with Crippen LogP contribution in [0.2, 0.25) is 0 Å². The standard InChI is InChI=1S/C29H27N3O/c1-21-7-11-23(12-8-21)26-20-32(27-6-4-3-5-25(27)19-30)28(24-13-9-22(2)10-14-24)29(26)31-15-17-33-18-16-31/h3-14,20H,15-18H2,1-2H3. The normalized spacial score (nSPS) is 13.7. The maximum Gasteiger partial charge on any atom is 0.101 e. The van der Waals surface area contributed by atoms with Gasteiger partial charge in [-0.15, -0.1) is 0 Å². The molecule has 4 nitrogen and oxygen atoms in total. The Morgan fingerprint density at radius 3 is 2.03 bits per heavy atom. The van der Waals surface area contributed by atoms with Gasteiger partial charge in [0, 0.05) is 30.4 Å². The highest BCUT2D eigenvalue weighted by Gasteiger charge is 2.26. The third-order valence-corrected chi connectivity index (χ3v) is 6.28. The molecule has 1 aliphatic heterocycles. The number of hydrogen-bond donors (Lipinski definition) is 0. The topological polar surface area (TPSA) is 41.2 Å². The van der Waals surface area contributed by atoms with E-state index in [4.69, 9.17) is 4.74 Å². The number of anilines is 1. The number of ether oxygens (including phenoxy) is 1. The van der Waals surface area contributed by atoms with E-state index in [0.29, 0.717) is 18.8 Å². The second kappa shape index (κ2) is 8.97. The summed E-state index contributed by atoms with van der Waals surface area (Å²) in [5, 5.41) is 9.86. The van der Waals surface area contributed by atoms with Gasteiger partial charge in [0.25, 0.3) is 0 Å². The molecule has 4 heteroatoms. The average molecular weight is 434 g/mol. The van der Waals surface area contributed by atoms with Gasteiger partial charge in [-0.05, 0) is 31.5 Å². The second-order valence-corrected chi connectivity index (χ2v) is 8.57. The lowest BCUT2D eigenvalue weighted by Gasteiger charge is -2.31. The molecular formula is C29H27N3O. The summed E-state index contributed by atoms with van der Waals surface area (Å²) in [5.41, 5.74) is 9.78. The summed E-state index contributed by atoms with van der Waals surface area (Å²) in [6, 6.07) is 27.6. The number of aromatic nitrogens is 1. The monoisotopic (exact) mass is 433 g/mol. The molecule has 0 N–H and O–H groups in total. The smallest absolute Gasteiger partial charge is 0.101 e. The zero-order chi connectivity index (χ0) is 22.8. The van der Waals surface area contributed by atoms with Crippen molar-refractivity contribution in [3.05, 3.63) is 95.7 Å². The van der Waals surface area contributed by atoms with E-state index in [2.05, 4.69) is 84.1 Å². The van der Waals surface area contributed by atoms with Crippen molar-refractivity contribution < 1.29 is 4.74 Å². The molecule has 0 atom stereocenters. The van der Waals surface area contributed by atoms with E-state index in [1.54, 1.807) is 0 Å². The molecule has 5 rings (SSSR count). The first-order chi connectivity index (χ1) is 16.2. The van der Waals surface area contributed by atoms with E-state index >= 15 is 0 Å². The molecule has 1 aliphatic rings. The summed E-state index contributed by atoms with van der Waals surface area (Å²) in [6.07, 6.45) is 2.20. The lowest BCUT2D eigenvalue weighted by atomic mass is 10.0. The van der Waals surface area contributed by atoms with E-state index in [1.807, 2.05) is 24.3 Å². The maximum absolute atomic E-state index is 9.86. The minimum atomic E-state index is 0.657. The van der Waals surface area contributed by atoms with Crippen molar-refractivity contribution in [3.63, 3.8) is 0 Å². The number of morpholine rings is 1. The Hall–Kier alpha value is -3.81. The number of rotatable bonds is 4. The van der Waals surface area contributed by atoms with Crippen LogP contribution in [0.25, 0.3) is 28.1 Å². The molecule has 1 aromatic heterocycles. The van der Waals surface area contributed by atoms with Crippen molar-refractivity contribution in [1.29, 1.82) is 5.26 Å². The lowest BCUT2D eigenvalue weighted by Crippen LogP contribution is -2.36. The highest BCUT2D eigenvalue weighted by Crippen LogP contribution is 2.44. The number of aryl methyl sites for hydroxylation is 2. The van der Waals surface area contributed by atoms with Gasteiger partial charge < -0.3 is 14.2 Å². The zero-order valence-electron chi connectivity index (χ0n) is 19.1. The molecule has 0 radical (unpaired) electrons. The fourth-order valence-electron chi connectivity index (χ4n) is 4.50. The Bertz CT molecular complexity index is 1300. The Morgan fingerprint density at radius 2 is 1.39 bits per heavy atom. The Kier molecular flexibility index (Phi) is 5.73. The zero-order valence-corrected chi connectivity index (χ0v) is 19.1.